The normalized spacial score (nSPS) is 13.4. The fraction of sp³-hybridized carbons (Fsp3) is 0.174. The van der Waals surface area contributed by atoms with Gasteiger partial charge in [0, 0.05) is 23.9 Å². The molecular weight excluding hydrogens is 440 g/mol. The highest BCUT2D eigenvalue weighted by Gasteiger charge is 2.25. The van der Waals surface area contributed by atoms with E-state index in [2.05, 4.69) is 72.1 Å². The summed E-state index contributed by atoms with van der Waals surface area (Å²) in [6.45, 7) is 0. The fourth-order valence-corrected chi connectivity index (χ4v) is 3.72. The summed E-state index contributed by atoms with van der Waals surface area (Å²) in [6.07, 6.45) is 4.21. The van der Waals surface area contributed by atoms with Crippen LogP contribution in [0.3, 0.4) is 0 Å². The number of hydrogen-bond donors (Lipinski definition) is 3. The van der Waals surface area contributed by atoms with Gasteiger partial charge in [-0.15, -0.1) is 0 Å². The highest BCUT2D eigenvalue weighted by atomic mass is 79.9. The lowest BCUT2D eigenvalue weighted by Gasteiger charge is -2.20. The summed E-state index contributed by atoms with van der Waals surface area (Å²) in [7, 11) is 0. The monoisotopic (exact) mass is 460 g/mol. The zero-order valence-corrected chi connectivity index (χ0v) is 17.8. The summed E-state index contributed by atoms with van der Waals surface area (Å²) >= 11 is 3.54. The number of aromatic nitrogens is 4. The van der Waals surface area contributed by atoms with Crippen molar-refractivity contribution in [3.63, 3.8) is 0 Å². The molecular formula is C23H21BrN6. The predicted molar refractivity (Wildman–Crippen MR) is 122 cm³/mol. The van der Waals surface area contributed by atoms with Gasteiger partial charge in [0.05, 0.1) is 10.5 Å². The van der Waals surface area contributed by atoms with E-state index in [1.54, 1.807) is 6.20 Å². The molecule has 5 rings (SSSR count). The first-order chi connectivity index (χ1) is 14.8. The van der Waals surface area contributed by atoms with Crippen molar-refractivity contribution in [2.24, 2.45) is 0 Å². The minimum Gasteiger partial charge on any atom is -0.343 e. The van der Waals surface area contributed by atoms with Crippen molar-refractivity contribution in [2.45, 2.75) is 24.8 Å². The molecule has 1 fully saturated rings. The first-order valence-corrected chi connectivity index (χ1v) is 10.8. The highest BCUT2D eigenvalue weighted by Crippen LogP contribution is 2.40. The number of anilines is 3. The second kappa shape index (κ2) is 8.28. The van der Waals surface area contributed by atoms with E-state index in [-0.39, 0.29) is 6.04 Å². The van der Waals surface area contributed by atoms with Crippen LogP contribution in [0.5, 0.6) is 0 Å². The molecule has 2 aromatic carbocycles. The Morgan fingerprint density at radius 1 is 0.967 bits per heavy atom. The molecule has 150 valence electrons. The average Bonchev–Trinajstić information content (AvgIpc) is 3.54. The van der Waals surface area contributed by atoms with Crippen molar-refractivity contribution in [1.82, 2.24) is 20.2 Å². The summed E-state index contributed by atoms with van der Waals surface area (Å²) < 4.78 is 0.778. The molecule has 0 unspecified atom stereocenters. The summed E-state index contributed by atoms with van der Waals surface area (Å²) in [5.41, 5.74) is 3.46. The third kappa shape index (κ3) is 4.21. The molecule has 0 bridgehead atoms. The van der Waals surface area contributed by atoms with Crippen LogP contribution in [-0.4, -0.2) is 20.2 Å². The molecule has 2 heterocycles. The molecule has 0 saturated heterocycles. The summed E-state index contributed by atoms with van der Waals surface area (Å²) in [5.74, 6) is 2.58. The molecule has 0 amide bonds. The van der Waals surface area contributed by atoms with E-state index >= 15 is 0 Å². The van der Waals surface area contributed by atoms with Crippen molar-refractivity contribution < 1.29 is 0 Å². The molecule has 1 saturated carbocycles. The Morgan fingerprint density at radius 2 is 1.63 bits per heavy atom. The standard InChI is InChI=1S/C23H21BrN6/c24-18-14-25-23(28-22(18)26-20-13-19(29-30-20)15-11-12-15)27-21(16-7-3-1-4-8-16)17-9-5-2-6-10-17/h1-10,13-15,21H,11-12H2,(H3,25,26,27,28,29,30). The van der Waals surface area contributed by atoms with Crippen molar-refractivity contribution >= 4 is 33.5 Å². The van der Waals surface area contributed by atoms with E-state index in [0.29, 0.717) is 17.7 Å². The molecule has 3 N–H and O–H groups in total. The number of nitrogens with zero attached hydrogens (tertiary/aromatic N) is 3. The van der Waals surface area contributed by atoms with Crippen molar-refractivity contribution in [1.29, 1.82) is 0 Å². The first-order valence-electron chi connectivity index (χ1n) is 9.97. The first kappa shape index (κ1) is 18.8. The van der Waals surface area contributed by atoms with Crippen molar-refractivity contribution in [3.8, 4) is 0 Å². The lowest BCUT2D eigenvalue weighted by molar-refractivity contribution is 0.907. The molecule has 6 nitrogen and oxygen atoms in total. The van der Waals surface area contributed by atoms with Crippen LogP contribution in [0.25, 0.3) is 0 Å². The maximum absolute atomic E-state index is 4.69. The van der Waals surface area contributed by atoms with E-state index in [1.807, 2.05) is 36.4 Å². The van der Waals surface area contributed by atoms with Gasteiger partial charge in [0.1, 0.15) is 0 Å². The third-order valence-electron chi connectivity index (χ3n) is 5.14. The Morgan fingerprint density at radius 3 is 2.27 bits per heavy atom. The smallest absolute Gasteiger partial charge is 0.225 e. The molecule has 1 aliphatic rings. The number of H-pyrrole nitrogens is 1. The molecule has 2 aromatic heterocycles. The summed E-state index contributed by atoms with van der Waals surface area (Å²) in [5, 5.41) is 14.2. The molecule has 0 aliphatic heterocycles. The number of nitrogens with one attached hydrogen (secondary N) is 3. The maximum Gasteiger partial charge on any atom is 0.225 e. The van der Waals surface area contributed by atoms with E-state index in [0.717, 1.165) is 21.4 Å². The van der Waals surface area contributed by atoms with Gasteiger partial charge in [-0.05, 0) is 39.9 Å². The topological polar surface area (TPSA) is 78.5 Å². The van der Waals surface area contributed by atoms with E-state index in [4.69, 9.17) is 4.98 Å². The van der Waals surface area contributed by atoms with Gasteiger partial charge in [-0.1, -0.05) is 60.7 Å². The van der Waals surface area contributed by atoms with Gasteiger partial charge >= 0.3 is 0 Å². The van der Waals surface area contributed by atoms with Crippen LogP contribution >= 0.6 is 15.9 Å². The number of rotatable bonds is 7. The molecule has 4 aromatic rings. The highest BCUT2D eigenvalue weighted by molar-refractivity contribution is 9.10. The second-order valence-electron chi connectivity index (χ2n) is 7.40. The Kier molecular flexibility index (Phi) is 5.19. The van der Waals surface area contributed by atoms with Gasteiger partial charge in [-0.2, -0.15) is 10.1 Å². The van der Waals surface area contributed by atoms with Gasteiger partial charge in [0.15, 0.2) is 11.6 Å². The van der Waals surface area contributed by atoms with Gasteiger partial charge in [-0.25, -0.2) is 4.98 Å². The second-order valence-corrected chi connectivity index (χ2v) is 8.25. The predicted octanol–water partition coefficient (Wildman–Crippen LogP) is 5.78. The SMILES string of the molecule is Brc1cnc(NC(c2ccccc2)c2ccccc2)nc1Nc1cc(C2CC2)[nH]n1. The fourth-order valence-electron chi connectivity index (χ4n) is 3.43. The van der Waals surface area contributed by atoms with Crippen LogP contribution < -0.4 is 10.6 Å². The number of aromatic amines is 1. The van der Waals surface area contributed by atoms with Gasteiger partial charge in [-0.3, -0.25) is 5.10 Å². The quantitative estimate of drug-likeness (QED) is 0.325. The number of hydrogen-bond acceptors (Lipinski definition) is 5. The molecule has 30 heavy (non-hydrogen) atoms. The van der Waals surface area contributed by atoms with Crippen LogP contribution in [-0.2, 0) is 0 Å². The van der Waals surface area contributed by atoms with Gasteiger partial charge < -0.3 is 10.6 Å². The van der Waals surface area contributed by atoms with E-state index < -0.39 is 0 Å². The summed E-state index contributed by atoms with van der Waals surface area (Å²) in [4.78, 5) is 9.17. The average molecular weight is 461 g/mol. The lowest BCUT2D eigenvalue weighted by Crippen LogP contribution is -2.14. The van der Waals surface area contributed by atoms with E-state index in [1.165, 1.54) is 18.5 Å². The van der Waals surface area contributed by atoms with Gasteiger partial charge in [0.2, 0.25) is 5.95 Å². The van der Waals surface area contributed by atoms with Crippen LogP contribution in [0.4, 0.5) is 17.6 Å². The van der Waals surface area contributed by atoms with Crippen LogP contribution in [0, 0.1) is 0 Å². The Labute approximate surface area is 183 Å². The van der Waals surface area contributed by atoms with Crippen molar-refractivity contribution in [3.05, 3.63) is 94.2 Å². The van der Waals surface area contributed by atoms with Crippen molar-refractivity contribution in [2.75, 3.05) is 10.6 Å². The maximum atomic E-state index is 4.69. The van der Waals surface area contributed by atoms with E-state index in [9.17, 15) is 0 Å². The van der Waals surface area contributed by atoms with Crippen LogP contribution in [0.2, 0.25) is 0 Å². The Balaban J connectivity index is 1.41. The molecule has 0 spiro atoms. The molecule has 0 atom stereocenters. The minimum absolute atomic E-state index is 0.0618. The molecule has 7 heteroatoms. The van der Waals surface area contributed by atoms with Crippen LogP contribution in [0.15, 0.2) is 77.4 Å². The Bertz CT molecular complexity index is 1090. The number of benzene rings is 2. The zero-order valence-electron chi connectivity index (χ0n) is 16.2. The molecule has 1 aliphatic carbocycles. The number of halogens is 1. The van der Waals surface area contributed by atoms with Crippen LogP contribution in [0.1, 0.15) is 41.6 Å². The third-order valence-corrected chi connectivity index (χ3v) is 5.72. The lowest BCUT2D eigenvalue weighted by atomic mass is 9.99. The van der Waals surface area contributed by atoms with Gasteiger partial charge in [0.25, 0.3) is 0 Å². The summed E-state index contributed by atoms with van der Waals surface area (Å²) in [6, 6.07) is 22.6. The largest absolute Gasteiger partial charge is 0.343 e. The zero-order chi connectivity index (χ0) is 20.3. The molecule has 0 radical (unpaired) electrons. The Hall–Kier alpha value is -3.19. The minimum atomic E-state index is -0.0618.